The van der Waals surface area contributed by atoms with E-state index in [4.69, 9.17) is 4.74 Å². The Hall–Kier alpha value is -1.55. The summed E-state index contributed by atoms with van der Waals surface area (Å²) in [6.45, 7) is 7.98. The van der Waals surface area contributed by atoms with Gasteiger partial charge in [-0.05, 0) is 24.3 Å². The quantitative estimate of drug-likeness (QED) is 0.899. The summed E-state index contributed by atoms with van der Waals surface area (Å²) in [6, 6.07) is 6.96. The molecular formula is C18H27NO3. The van der Waals surface area contributed by atoms with Gasteiger partial charge in [0.05, 0.1) is 12.5 Å². The van der Waals surface area contributed by atoms with Gasteiger partial charge in [0.2, 0.25) is 5.91 Å². The number of hydrogen-bond donors (Lipinski definition) is 2. The highest BCUT2D eigenvalue weighted by Crippen LogP contribution is 2.33. The highest BCUT2D eigenvalue weighted by atomic mass is 16.5. The van der Waals surface area contributed by atoms with Crippen LogP contribution in [0.15, 0.2) is 24.3 Å². The lowest BCUT2D eigenvalue weighted by Gasteiger charge is -2.40. The Balaban J connectivity index is 1.88. The molecule has 0 spiro atoms. The highest BCUT2D eigenvalue weighted by molar-refractivity contribution is 5.79. The highest BCUT2D eigenvalue weighted by Gasteiger charge is 2.35. The van der Waals surface area contributed by atoms with E-state index < -0.39 is 0 Å². The Morgan fingerprint density at radius 2 is 2.09 bits per heavy atom. The summed E-state index contributed by atoms with van der Waals surface area (Å²) >= 11 is 0. The van der Waals surface area contributed by atoms with Crippen LogP contribution in [0.3, 0.4) is 0 Å². The van der Waals surface area contributed by atoms with E-state index in [9.17, 15) is 9.90 Å². The minimum atomic E-state index is -0.0558. The lowest BCUT2D eigenvalue weighted by atomic mass is 9.78. The van der Waals surface area contributed by atoms with Crippen LogP contribution in [0, 0.1) is 11.3 Å². The number of carbonyl (C=O) groups is 1. The van der Waals surface area contributed by atoms with Crippen molar-refractivity contribution in [3.05, 3.63) is 29.8 Å². The van der Waals surface area contributed by atoms with Gasteiger partial charge >= 0.3 is 0 Å². The fourth-order valence-corrected chi connectivity index (χ4v) is 3.15. The largest absolute Gasteiger partial charge is 0.508 e. The number of hydrogen-bond acceptors (Lipinski definition) is 3. The summed E-state index contributed by atoms with van der Waals surface area (Å²) in [5.74, 6) is 0.466. The molecule has 0 saturated carbocycles. The summed E-state index contributed by atoms with van der Waals surface area (Å²) in [7, 11) is 0. The van der Waals surface area contributed by atoms with Crippen LogP contribution in [0.1, 0.15) is 39.2 Å². The lowest BCUT2D eigenvalue weighted by molar-refractivity contribution is -0.122. The molecule has 2 N–H and O–H groups in total. The molecule has 122 valence electrons. The minimum Gasteiger partial charge on any atom is -0.508 e. The van der Waals surface area contributed by atoms with Gasteiger partial charge in [0.15, 0.2) is 0 Å². The van der Waals surface area contributed by atoms with Gasteiger partial charge in [-0.15, -0.1) is 0 Å². The standard InChI is InChI=1S/C18H27NO3/c1-18(2,3)17-14(8-6-10-22-17)12-19-16(21)11-13-7-4-5-9-15(13)20/h4-5,7,9,14,17,20H,6,8,10-12H2,1-3H3,(H,19,21). The SMILES string of the molecule is CC(C)(C)C1OCCCC1CNC(=O)Cc1ccccc1O. The molecule has 0 aliphatic carbocycles. The second kappa shape index (κ2) is 7.14. The van der Waals surface area contributed by atoms with Crippen molar-refractivity contribution >= 4 is 5.91 Å². The molecule has 1 saturated heterocycles. The van der Waals surface area contributed by atoms with E-state index in [0.717, 1.165) is 19.4 Å². The van der Waals surface area contributed by atoms with Crippen molar-refractivity contribution < 1.29 is 14.6 Å². The third kappa shape index (κ3) is 4.47. The second-order valence-corrected chi connectivity index (χ2v) is 7.17. The fraction of sp³-hybridized carbons (Fsp3) is 0.611. The molecular weight excluding hydrogens is 278 g/mol. The number of phenols is 1. The number of aromatic hydroxyl groups is 1. The number of para-hydroxylation sites is 1. The zero-order chi connectivity index (χ0) is 16.2. The monoisotopic (exact) mass is 305 g/mol. The Kier molecular flexibility index (Phi) is 5.46. The number of benzene rings is 1. The van der Waals surface area contributed by atoms with Crippen molar-refractivity contribution in [3.8, 4) is 5.75 Å². The molecule has 0 radical (unpaired) electrons. The predicted octanol–water partition coefficient (Wildman–Crippen LogP) is 2.89. The van der Waals surface area contributed by atoms with Gasteiger partial charge in [-0.25, -0.2) is 0 Å². The second-order valence-electron chi connectivity index (χ2n) is 7.17. The molecule has 2 atom stereocenters. The van der Waals surface area contributed by atoms with Gasteiger partial charge in [-0.3, -0.25) is 4.79 Å². The molecule has 1 aromatic carbocycles. The Labute approximate surface area is 132 Å². The Morgan fingerprint density at radius 3 is 2.77 bits per heavy atom. The number of ether oxygens (including phenoxy) is 1. The van der Waals surface area contributed by atoms with Crippen molar-refractivity contribution in [2.75, 3.05) is 13.2 Å². The molecule has 1 aromatic rings. The summed E-state index contributed by atoms with van der Waals surface area (Å²) in [6.07, 6.45) is 2.51. The first-order chi connectivity index (χ1) is 10.4. The first-order valence-corrected chi connectivity index (χ1v) is 8.03. The van der Waals surface area contributed by atoms with E-state index >= 15 is 0 Å². The van der Waals surface area contributed by atoms with E-state index in [1.807, 2.05) is 6.07 Å². The normalized spacial score (nSPS) is 22.3. The molecule has 2 rings (SSSR count). The van der Waals surface area contributed by atoms with Crippen LogP contribution in [-0.4, -0.2) is 30.3 Å². The maximum Gasteiger partial charge on any atom is 0.224 e. The number of nitrogens with one attached hydrogen (secondary N) is 1. The Bertz CT molecular complexity index is 507. The van der Waals surface area contributed by atoms with Crippen LogP contribution >= 0.6 is 0 Å². The third-order valence-electron chi connectivity index (χ3n) is 4.20. The van der Waals surface area contributed by atoms with Crippen LogP contribution in [0.5, 0.6) is 5.75 Å². The van der Waals surface area contributed by atoms with Gasteiger partial charge in [0, 0.05) is 24.6 Å². The van der Waals surface area contributed by atoms with Crippen LogP contribution in [0.2, 0.25) is 0 Å². The smallest absolute Gasteiger partial charge is 0.224 e. The molecule has 1 aliphatic rings. The number of amides is 1. The van der Waals surface area contributed by atoms with Gasteiger partial charge in [-0.2, -0.15) is 0 Å². The molecule has 1 heterocycles. The molecule has 0 aromatic heterocycles. The van der Waals surface area contributed by atoms with Crippen LogP contribution in [0.4, 0.5) is 0 Å². The van der Waals surface area contributed by atoms with Gasteiger partial charge < -0.3 is 15.2 Å². The maximum absolute atomic E-state index is 12.1. The molecule has 0 bridgehead atoms. The van der Waals surface area contributed by atoms with Crippen molar-refractivity contribution in [2.45, 2.75) is 46.1 Å². The van der Waals surface area contributed by atoms with E-state index in [-0.39, 0.29) is 29.6 Å². The minimum absolute atomic E-state index is 0.0558. The van der Waals surface area contributed by atoms with Crippen molar-refractivity contribution in [2.24, 2.45) is 11.3 Å². The predicted molar refractivity (Wildman–Crippen MR) is 86.7 cm³/mol. The molecule has 1 fully saturated rings. The number of phenolic OH excluding ortho intramolecular Hbond substituents is 1. The van der Waals surface area contributed by atoms with E-state index in [2.05, 4.69) is 26.1 Å². The third-order valence-corrected chi connectivity index (χ3v) is 4.20. The van der Waals surface area contributed by atoms with Gasteiger partial charge in [0.25, 0.3) is 0 Å². The molecule has 22 heavy (non-hydrogen) atoms. The van der Waals surface area contributed by atoms with Gasteiger partial charge in [-0.1, -0.05) is 39.0 Å². The van der Waals surface area contributed by atoms with E-state index in [0.29, 0.717) is 18.0 Å². The first kappa shape index (κ1) is 16.8. The number of carbonyl (C=O) groups excluding carboxylic acids is 1. The fourth-order valence-electron chi connectivity index (χ4n) is 3.15. The van der Waals surface area contributed by atoms with Crippen LogP contribution in [-0.2, 0) is 16.0 Å². The van der Waals surface area contributed by atoms with Crippen molar-refractivity contribution in [1.82, 2.24) is 5.32 Å². The maximum atomic E-state index is 12.1. The molecule has 4 nitrogen and oxygen atoms in total. The van der Waals surface area contributed by atoms with E-state index in [1.165, 1.54) is 0 Å². The molecule has 2 unspecified atom stereocenters. The summed E-state index contributed by atoms with van der Waals surface area (Å²) in [5, 5.41) is 12.7. The lowest BCUT2D eigenvalue weighted by Crippen LogP contribution is -2.45. The molecule has 4 heteroatoms. The Morgan fingerprint density at radius 1 is 1.36 bits per heavy atom. The van der Waals surface area contributed by atoms with Gasteiger partial charge in [0.1, 0.15) is 5.75 Å². The average molecular weight is 305 g/mol. The average Bonchev–Trinajstić information content (AvgIpc) is 2.47. The van der Waals surface area contributed by atoms with Crippen LogP contribution < -0.4 is 5.32 Å². The van der Waals surface area contributed by atoms with Crippen molar-refractivity contribution in [1.29, 1.82) is 0 Å². The zero-order valence-corrected chi connectivity index (χ0v) is 13.8. The summed E-state index contributed by atoms with van der Waals surface area (Å²) < 4.78 is 5.93. The molecule has 1 amide bonds. The van der Waals surface area contributed by atoms with Crippen LogP contribution in [0.25, 0.3) is 0 Å². The first-order valence-electron chi connectivity index (χ1n) is 8.03. The topological polar surface area (TPSA) is 58.6 Å². The summed E-state index contributed by atoms with van der Waals surface area (Å²) in [5.41, 5.74) is 0.736. The zero-order valence-electron chi connectivity index (χ0n) is 13.8. The van der Waals surface area contributed by atoms with Crippen molar-refractivity contribution in [3.63, 3.8) is 0 Å². The summed E-state index contributed by atoms with van der Waals surface area (Å²) in [4.78, 5) is 12.1. The van der Waals surface area contributed by atoms with E-state index in [1.54, 1.807) is 18.2 Å². The molecule has 1 aliphatic heterocycles. The number of rotatable bonds is 4.